The molecule has 0 aromatic heterocycles. The molecule has 0 saturated carbocycles. The summed E-state index contributed by atoms with van der Waals surface area (Å²) < 4.78 is 5.73. The molecule has 5 nitrogen and oxygen atoms in total. The number of hydrogen-bond acceptors (Lipinski definition) is 5. The first-order valence-electron chi connectivity index (χ1n) is 8.06. The van der Waals surface area contributed by atoms with Gasteiger partial charge in [0.2, 0.25) is 0 Å². The van der Waals surface area contributed by atoms with Crippen LogP contribution in [0.15, 0.2) is 59.5 Å². The number of benzene rings is 2. The van der Waals surface area contributed by atoms with E-state index in [1.165, 1.54) is 0 Å². The Morgan fingerprint density at radius 3 is 2.50 bits per heavy atom. The summed E-state index contributed by atoms with van der Waals surface area (Å²) >= 11 is 0.897. The van der Waals surface area contributed by atoms with E-state index in [9.17, 15) is 9.59 Å². The first kappa shape index (κ1) is 17.8. The number of ether oxygens (including phenoxy) is 1. The van der Waals surface area contributed by atoms with Gasteiger partial charge in [-0.15, -0.1) is 0 Å². The highest BCUT2D eigenvalue weighted by molar-refractivity contribution is 8.18. The van der Waals surface area contributed by atoms with Gasteiger partial charge in [0.25, 0.3) is 11.1 Å². The van der Waals surface area contributed by atoms with Crippen molar-refractivity contribution in [2.24, 2.45) is 0 Å². The lowest BCUT2D eigenvalue weighted by Crippen LogP contribution is -2.28. The number of hydrogen-bond donors (Lipinski definition) is 0. The number of rotatable bonds is 6. The predicted octanol–water partition coefficient (Wildman–Crippen LogP) is 4.22. The molecule has 2 amide bonds. The first-order chi connectivity index (χ1) is 12.7. The highest BCUT2D eigenvalue weighted by Crippen LogP contribution is 2.32. The standard InChI is InChI=1S/C20H16N2O3S/c21-11-4-12-22-19(23)18(26-20(22)24)13-15-7-9-17(10-8-15)25-14-16-5-2-1-3-6-16/h1-3,5-10,13H,4,12,14H2/b18-13+. The van der Waals surface area contributed by atoms with Crippen LogP contribution < -0.4 is 4.74 Å². The van der Waals surface area contributed by atoms with Crippen LogP contribution in [0.5, 0.6) is 5.75 Å². The van der Waals surface area contributed by atoms with Crippen LogP contribution in [0.3, 0.4) is 0 Å². The maximum Gasteiger partial charge on any atom is 0.293 e. The minimum absolute atomic E-state index is 0.130. The molecule has 6 heteroatoms. The monoisotopic (exact) mass is 364 g/mol. The van der Waals surface area contributed by atoms with E-state index in [1.54, 1.807) is 6.08 Å². The topological polar surface area (TPSA) is 70.4 Å². The van der Waals surface area contributed by atoms with Crippen molar-refractivity contribution in [2.75, 3.05) is 6.54 Å². The molecule has 1 saturated heterocycles. The van der Waals surface area contributed by atoms with Crippen molar-refractivity contribution in [3.05, 3.63) is 70.6 Å². The summed E-state index contributed by atoms with van der Waals surface area (Å²) in [4.78, 5) is 25.6. The molecule has 2 aromatic rings. The van der Waals surface area contributed by atoms with Gasteiger partial charge in [0, 0.05) is 6.54 Å². The quantitative estimate of drug-likeness (QED) is 0.718. The Balaban J connectivity index is 1.63. The zero-order valence-corrected chi connectivity index (χ0v) is 14.7. The van der Waals surface area contributed by atoms with E-state index in [0.717, 1.165) is 33.5 Å². The molecule has 0 N–H and O–H groups in total. The zero-order chi connectivity index (χ0) is 18.4. The average molecular weight is 364 g/mol. The minimum atomic E-state index is -0.348. The fraction of sp³-hybridized carbons (Fsp3) is 0.150. The molecule has 26 heavy (non-hydrogen) atoms. The summed E-state index contributed by atoms with van der Waals surface area (Å²) in [6.07, 6.45) is 1.82. The Hall–Kier alpha value is -3.04. The second-order valence-corrected chi connectivity index (χ2v) is 6.58. The van der Waals surface area contributed by atoms with Gasteiger partial charge < -0.3 is 4.74 Å². The van der Waals surface area contributed by atoms with Gasteiger partial charge >= 0.3 is 0 Å². The maximum absolute atomic E-state index is 12.2. The number of imide groups is 1. The van der Waals surface area contributed by atoms with Crippen LogP contribution in [0.25, 0.3) is 6.08 Å². The fourth-order valence-corrected chi connectivity index (χ4v) is 3.27. The Morgan fingerprint density at radius 2 is 1.81 bits per heavy atom. The van der Waals surface area contributed by atoms with Crippen LogP contribution in [-0.2, 0) is 11.4 Å². The second-order valence-electron chi connectivity index (χ2n) is 5.58. The highest BCUT2D eigenvalue weighted by Gasteiger charge is 2.34. The maximum atomic E-state index is 12.2. The van der Waals surface area contributed by atoms with Crippen molar-refractivity contribution >= 4 is 29.0 Å². The number of thioether (sulfide) groups is 1. The molecular weight excluding hydrogens is 348 g/mol. The number of amides is 2. The van der Waals surface area contributed by atoms with Gasteiger partial charge in [0.05, 0.1) is 17.4 Å². The van der Waals surface area contributed by atoms with E-state index < -0.39 is 0 Å². The van der Waals surface area contributed by atoms with E-state index in [2.05, 4.69) is 0 Å². The van der Waals surface area contributed by atoms with Gasteiger partial charge in [-0.3, -0.25) is 14.5 Å². The summed E-state index contributed by atoms with van der Waals surface area (Å²) in [5.41, 5.74) is 1.89. The summed E-state index contributed by atoms with van der Waals surface area (Å²) in [6.45, 7) is 0.614. The van der Waals surface area contributed by atoms with Gasteiger partial charge in [-0.2, -0.15) is 5.26 Å². The van der Waals surface area contributed by atoms with E-state index in [0.29, 0.717) is 11.5 Å². The van der Waals surface area contributed by atoms with Crippen LogP contribution in [0.1, 0.15) is 17.5 Å². The molecule has 3 rings (SSSR count). The molecule has 130 valence electrons. The summed E-state index contributed by atoms with van der Waals surface area (Å²) in [6, 6.07) is 19.2. The normalized spacial score (nSPS) is 15.3. The fourth-order valence-electron chi connectivity index (χ4n) is 2.41. The van der Waals surface area contributed by atoms with Crippen molar-refractivity contribution < 1.29 is 14.3 Å². The predicted molar refractivity (Wildman–Crippen MR) is 100 cm³/mol. The van der Waals surface area contributed by atoms with Crippen LogP contribution in [0, 0.1) is 11.3 Å². The number of carbonyl (C=O) groups is 2. The highest BCUT2D eigenvalue weighted by atomic mass is 32.2. The number of nitrogens with zero attached hydrogens (tertiary/aromatic N) is 2. The lowest BCUT2D eigenvalue weighted by Gasteiger charge is -2.08. The van der Waals surface area contributed by atoms with Crippen LogP contribution in [-0.4, -0.2) is 22.6 Å². The first-order valence-corrected chi connectivity index (χ1v) is 8.88. The molecule has 0 spiro atoms. The van der Waals surface area contributed by atoms with Gasteiger partial charge in [-0.1, -0.05) is 42.5 Å². The SMILES string of the molecule is N#CCCN1C(=O)S/C(=C/c2ccc(OCc3ccccc3)cc2)C1=O. The zero-order valence-electron chi connectivity index (χ0n) is 13.9. The lowest BCUT2D eigenvalue weighted by atomic mass is 10.2. The molecule has 0 radical (unpaired) electrons. The Kier molecular flexibility index (Phi) is 5.72. The Morgan fingerprint density at radius 1 is 1.08 bits per heavy atom. The smallest absolute Gasteiger partial charge is 0.293 e. The van der Waals surface area contributed by atoms with Gasteiger partial charge in [0.1, 0.15) is 12.4 Å². The van der Waals surface area contributed by atoms with E-state index in [4.69, 9.17) is 10.00 Å². The van der Waals surface area contributed by atoms with Crippen molar-refractivity contribution in [2.45, 2.75) is 13.0 Å². The van der Waals surface area contributed by atoms with Crippen molar-refractivity contribution in [1.82, 2.24) is 4.90 Å². The molecule has 0 bridgehead atoms. The minimum Gasteiger partial charge on any atom is -0.489 e. The Bertz CT molecular complexity index is 870. The van der Waals surface area contributed by atoms with Gasteiger partial charge in [-0.25, -0.2) is 0 Å². The van der Waals surface area contributed by atoms with Crippen LogP contribution in [0.2, 0.25) is 0 Å². The third-order valence-electron chi connectivity index (χ3n) is 3.75. The number of carbonyl (C=O) groups excluding carboxylic acids is 2. The molecule has 1 fully saturated rings. The molecular formula is C20H16N2O3S. The third-order valence-corrected chi connectivity index (χ3v) is 4.65. The van der Waals surface area contributed by atoms with E-state index in [-0.39, 0.29) is 24.1 Å². The van der Waals surface area contributed by atoms with Crippen LogP contribution >= 0.6 is 11.8 Å². The molecule has 1 heterocycles. The molecule has 0 aliphatic carbocycles. The van der Waals surface area contributed by atoms with Crippen molar-refractivity contribution in [3.63, 3.8) is 0 Å². The summed E-state index contributed by atoms with van der Waals surface area (Å²) in [5, 5.41) is 8.28. The van der Waals surface area contributed by atoms with Crippen LogP contribution in [0.4, 0.5) is 4.79 Å². The Labute approximate surface area is 155 Å². The average Bonchev–Trinajstić information content (AvgIpc) is 2.93. The second kappa shape index (κ2) is 8.37. The van der Waals surface area contributed by atoms with E-state index >= 15 is 0 Å². The lowest BCUT2D eigenvalue weighted by molar-refractivity contribution is -0.122. The third kappa shape index (κ3) is 4.32. The largest absolute Gasteiger partial charge is 0.489 e. The number of nitriles is 1. The molecule has 1 aliphatic heterocycles. The van der Waals surface area contributed by atoms with Gasteiger partial charge in [0.15, 0.2) is 0 Å². The van der Waals surface area contributed by atoms with Crippen molar-refractivity contribution in [1.29, 1.82) is 5.26 Å². The van der Waals surface area contributed by atoms with E-state index in [1.807, 2.05) is 60.7 Å². The van der Waals surface area contributed by atoms with Gasteiger partial charge in [-0.05, 0) is 41.1 Å². The summed E-state index contributed by atoms with van der Waals surface area (Å²) in [7, 11) is 0. The molecule has 1 aliphatic rings. The molecule has 2 aromatic carbocycles. The van der Waals surface area contributed by atoms with Crippen molar-refractivity contribution in [3.8, 4) is 11.8 Å². The molecule has 0 atom stereocenters. The molecule has 0 unspecified atom stereocenters. The summed E-state index contributed by atoms with van der Waals surface area (Å²) in [5.74, 6) is 0.382.